The number of nitrogens with zero attached hydrogens (tertiary/aromatic N) is 1. The van der Waals surface area contributed by atoms with Crippen LogP contribution in [0.15, 0.2) is 0 Å². The van der Waals surface area contributed by atoms with Crippen molar-refractivity contribution in [2.24, 2.45) is 0 Å². The number of aliphatic hydroxyl groups excluding tert-OH is 1. The van der Waals surface area contributed by atoms with E-state index in [9.17, 15) is 14.3 Å². The summed E-state index contributed by atoms with van der Waals surface area (Å²) in [5, 5.41) is 12.1. The van der Waals surface area contributed by atoms with Crippen LogP contribution in [0, 0.1) is 0 Å². The van der Waals surface area contributed by atoms with Gasteiger partial charge in [0.15, 0.2) is 0 Å². The van der Waals surface area contributed by atoms with E-state index >= 15 is 0 Å². The minimum Gasteiger partial charge on any atom is -0.379 e. The molecular weight excluding hydrogens is 227 g/mol. The Morgan fingerprint density at radius 2 is 2.24 bits per heavy atom. The van der Waals surface area contributed by atoms with E-state index in [4.69, 9.17) is 4.74 Å². The predicted octanol–water partition coefficient (Wildman–Crippen LogP) is -0.358. The molecule has 0 aromatic heterocycles. The van der Waals surface area contributed by atoms with Crippen molar-refractivity contribution >= 4 is 5.91 Å². The monoisotopic (exact) mass is 246 g/mol. The lowest BCUT2D eigenvalue weighted by molar-refractivity contribution is -0.138. The molecule has 0 aromatic rings. The maximum atomic E-state index is 13.6. The maximum absolute atomic E-state index is 13.6. The number of piperidine rings is 1. The third-order valence-electron chi connectivity index (χ3n) is 3.52. The molecule has 2 heterocycles. The number of carbonyl (C=O) groups excluding carboxylic acids is 1. The van der Waals surface area contributed by atoms with Gasteiger partial charge in [-0.15, -0.1) is 0 Å². The SMILES string of the molecule is COC1CCN(C(=O)[C@@H]2CCC(O)N2)C[C@H]1F. The summed E-state index contributed by atoms with van der Waals surface area (Å²) in [4.78, 5) is 13.6. The molecule has 2 unspecified atom stereocenters. The van der Waals surface area contributed by atoms with Crippen molar-refractivity contribution in [2.75, 3.05) is 20.2 Å². The standard InChI is InChI=1S/C11H19FN2O3/c1-17-9-4-5-14(6-7(9)12)11(16)8-2-3-10(15)13-8/h7-10,13,15H,2-6H2,1H3/t7-,8+,9?,10?/m1/s1. The average molecular weight is 246 g/mol. The molecule has 0 saturated carbocycles. The summed E-state index contributed by atoms with van der Waals surface area (Å²) in [6.07, 6.45) is -0.420. The van der Waals surface area contributed by atoms with Crippen LogP contribution in [0.1, 0.15) is 19.3 Å². The predicted molar refractivity (Wildman–Crippen MR) is 59.1 cm³/mol. The van der Waals surface area contributed by atoms with Crippen LogP contribution >= 0.6 is 0 Å². The molecule has 2 rings (SSSR count). The number of nitrogens with one attached hydrogen (secondary N) is 1. The topological polar surface area (TPSA) is 61.8 Å². The fourth-order valence-corrected chi connectivity index (χ4v) is 2.49. The Labute approximate surface area is 99.9 Å². The fraction of sp³-hybridized carbons (Fsp3) is 0.909. The average Bonchev–Trinajstić information content (AvgIpc) is 2.75. The minimum atomic E-state index is -1.12. The van der Waals surface area contributed by atoms with E-state index in [1.54, 1.807) is 0 Å². The van der Waals surface area contributed by atoms with Crippen molar-refractivity contribution in [3.8, 4) is 0 Å². The van der Waals surface area contributed by atoms with Gasteiger partial charge in [0.2, 0.25) is 5.91 Å². The molecule has 0 spiro atoms. The maximum Gasteiger partial charge on any atom is 0.239 e. The van der Waals surface area contributed by atoms with Gasteiger partial charge < -0.3 is 14.7 Å². The van der Waals surface area contributed by atoms with Gasteiger partial charge >= 0.3 is 0 Å². The van der Waals surface area contributed by atoms with Crippen LogP contribution in [0.3, 0.4) is 0 Å². The van der Waals surface area contributed by atoms with Gasteiger partial charge in [-0.2, -0.15) is 0 Å². The Morgan fingerprint density at radius 1 is 1.47 bits per heavy atom. The van der Waals surface area contributed by atoms with E-state index in [0.29, 0.717) is 25.8 Å². The van der Waals surface area contributed by atoms with Gasteiger partial charge in [0.05, 0.1) is 18.7 Å². The Balaban J connectivity index is 1.89. The number of amides is 1. The summed E-state index contributed by atoms with van der Waals surface area (Å²) in [5.41, 5.74) is 0. The van der Waals surface area contributed by atoms with Crippen LogP contribution in [0.5, 0.6) is 0 Å². The first-order chi connectivity index (χ1) is 8.11. The molecule has 0 bridgehead atoms. The van der Waals surface area contributed by atoms with Gasteiger partial charge in [-0.05, 0) is 19.3 Å². The molecule has 6 heteroatoms. The summed E-state index contributed by atoms with van der Waals surface area (Å²) in [6, 6.07) is -0.365. The van der Waals surface area contributed by atoms with Crippen LogP contribution in [0.4, 0.5) is 4.39 Å². The Hall–Kier alpha value is -0.720. The number of methoxy groups -OCH3 is 1. The van der Waals surface area contributed by atoms with Gasteiger partial charge in [-0.1, -0.05) is 0 Å². The molecule has 2 fully saturated rings. The number of rotatable bonds is 2. The summed E-state index contributed by atoms with van der Waals surface area (Å²) in [6.45, 7) is 0.609. The first-order valence-electron chi connectivity index (χ1n) is 6.01. The molecule has 98 valence electrons. The van der Waals surface area contributed by atoms with Crippen LogP contribution in [-0.4, -0.2) is 60.7 Å². The van der Waals surface area contributed by atoms with E-state index in [0.717, 1.165) is 0 Å². The zero-order chi connectivity index (χ0) is 12.4. The molecule has 1 amide bonds. The lowest BCUT2D eigenvalue weighted by Crippen LogP contribution is -2.53. The molecule has 5 nitrogen and oxygen atoms in total. The highest BCUT2D eigenvalue weighted by Gasteiger charge is 2.36. The van der Waals surface area contributed by atoms with Crippen molar-refractivity contribution in [3.63, 3.8) is 0 Å². The van der Waals surface area contributed by atoms with Crippen LogP contribution in [-0.2, 0) is 9.53 Å². The number of likely N-dealkylation sites (tertiary alicyclic amines) is 1. The largest absolute Gasteiger partial charge is 0.379 e. The molecule has 0 aliphatic carbocycles. The highest BCUT2D eigenvalue weighted by Crippen LogP contribution is 2.20. The number of hydrogen-bond acceptors (Lipinski definition) is 4. The van der Waals surface area contributed by atoms with Crippen molar-refractivity contribution in [1.29, 1.82) is 0 Å². The number of ether oxygens (including phenoxy) is 1. The number of carbonyl (C=O) groups is 1. The zero-order valence-corrected chi connectivity index (χ0v) is 9.93. The number of hydrogen-bond donors (Lipinski definition) is 2. The normalized spacial score (nSPS) is 38.4. The molecule has 0 radical (unpaired) electrons. The van der Waals surface area contributed by atoms with Gasteiger partial charge in [0.1, 0.15) is 12.4 Å². The van der Waals surface area contributed by atoms with Crippen LogP contribution < -0.4 is 5.32 Å². The molecule has 17 heavy (non-hydrogen) atoms. The fourth-order valence-electron chi connectivity index (χ4n) is 2.49. The van der Waals surface area contributed by atoms with Crippen molar-refractivity contribution in [3.05, 3.63) is 0 Å². The highest BCUT2D eigenvalue weighted by molar-refractivity contribution is 5.82. The summed E-state index contributed by atoms with van der Waals surface area (Å²) >= 11 is 0. The third-order valence-corrected chi connectivity index (χ3v) is 3.52. The highest BCUT2D eigenvalue weighted by atomic mass is 19.1. The molecule has 0 aromatic carbocycles. The lowest BCUT2D eigenvalue weighted by Gasteiger charge is -2.35. The Morgan fingerprint density at radius 3 is 2.76 bits per heavy atom. The van der Waals surface area contributed by atoms with Crippen molar-refractivity contribution in [1.82, 2.24) is 10.2 Å². The summed E-state index contributed by atoms with van der Waals surface area (Å²) < 4.78 is 18.6. The molecule has 4 atom stereocenters. The number of alkyl halides is 1. The van der Waals surface area contributed by atoms with E-state index in [1.165, 1.54) is 12.0 Å². The first kappa shape index (κ1) is 12.7. The molecular formula is C11H19FN2O3. The van der Waals surface area contributed by atoms with Gasteiger partial charge in [-0.25, -0.2) is 4.39 Å². The minimum absolute atomic E-state index is 0.0889. The first-order valence-corrected chi connectivity index (χ1v) is 6.01. The smallest absolute Gasteiger partial charge is 0.239 e. The lowest BCUT2D eigenvalue weighted by atomic mass is 10.0. The van der Waals surface area contributed by atoms with E-state index in [-0.39, 0.29) is 18.5 Å². The van der Waals surface area contributed by atoms with Gasteiger partial charge in [0, 0.05) is 13.7 Å². The second-order valence-electron chi connectivity index (χ2n) is 4.68. The van der Waals surface area contributed by atoms with E-state index in [1.807, 2.05) is 0 Å². The molecule has 2 saturated heterocycles. The number of halogens is 1. The molecule has 2 aliphatic heterocycles. The van der Waals surface area contributed by atoms with Crippen LogP contribution in [0.2, 0.25) is 0 Å². The quantitative estimate of drug-likeness (QED) is 0.698. The van der Waals surface area contributed by atoms with E-state index in [2.05, 4.69) is 5.32 Å². The summed E-state index contributed by atoms with van der Waals surface area (Å²) in [5.74, 6) is -0.112. The molecule has 2 aliphatic rings. The molecule has 2 N–H and O–H groups in total. The second kappa shape index (κ2) is 5.29. The zero-order valence-electron chi connectivity index (χ0n) is 9.93. The van der Waals surface area contributed by atoms with Crippen molar-refractivity contribution in [2.45, 2.75) is 43.8 Å². The van der Waals surface area contributed by atoms with Gasteiger partial charge in [0.25, 0.3) is 0 Å². The van der Waals surface area contributed by atoms with Crippen molar-refractivity contribution < 1.29 is 19.0 Å². The second-order valence-corrected chi connectivity index (χ2v) is 4.68. The Kier molecular flexibility index (Phi) is 3.96. The number of aliphatic hydroxyl groups is 1. The van der Waals surface area contributed by atoms with Crippen LogP contribution in [0.25, 0.3) is 0 Å². The Bertz CT molecular complexity index is 290. The van der Waals surface area contributed by atoms with Gasteiger partial charge in [-0.3, -0.25) is 10.1 Å². The third kappa shape index (κ3) is 2.75. The van der Waals surface area contributed by atoms with E-state index < -0.39 is 18.5 Å². The summed E-state index contributed by atoms with van der Waals surface area (Å²) in [7, 11) is 1.49.